The average Bonchev–Trinajstić information content (AvgIpc) is 3.44. The molecule has 8 nitrogen and oxygen atoms in total. The highest BCUT2D eigenvalue weighted by Crippen LogP contribution is 2.68. The van der Waals surface area contributed by atoms with E-state index in [4.69, 9.17) is 14.2 Å². The van der Waals surface area contributed by atoms with E-state index in [-0.39, 0.29) is 59.6 Å². The summed E-state index contributed by atoms with van der Waals surface area (Å²) in [7, 11) is 1.69. The van der Waals surface area contributed by atoms with E-state index < -0.39 is 28.8 Å². The number of carbonyl (C=O) groups is 1. The van der Waals surface area contributed by atoms with Crippen molar-refractivity contribution in [3.05, 3.63) is 11.6 Å². The molecule has 246 valence electrons. The van der Waals surface area contributed by atoms with Crippen molar-refractivity contribution in [2.24, 2.45) is 40.4 Å². The van der Waals surface area contributed by atoms with Crippen LogP contribution in [0.5, 0.6) is 0 Å². The Kier molecular flexibility index (Phi) is 9.65. The lowest BCUT2D eigenvalue weighted by Gasteiger charge is -2.60. The SMILES string of the molecule is CCC[C@@H]1[C@@H](C)[C@@H]([C@@H](O)[C@@](C)(O)[C@H]2CC[C@@]3(O)C4=CC(=O)[C@@H]5C[C@@H](OCCCOC)CC[C@]5(C)[C@H]4CC[C@]23C)O[C@H]1CO. The summed E-state index contributed by atoms with van der Waals surface area (Å²) in [5.74, 6) is -0.194. The highest BCUT2D eigenvalue weighted by atomic mass is 16.5. The minimum absolute atomic E-state index is 0.0166. The molecule has 0 bridgehead atoms. The van der Waals surface area contributed by atoms with Crippen molar-refractivity contribution < 1.29 is 39.4 Å². The number of ether oxygens (including phenoxy) is 3. The summed E-state index contributed by atoms with van der Waals surface area (Å²) in [6, 6.07) is 0. The summed E-state index contributed by atoms with van der Waals surface area (Å²) in [6.45, 7) is 11.4. The van der Waals surface area contributed by atoms with Gasteiger partial charge in [-0.3, -0.25) is 4.79 Å². The van der Waals surface area contributed by atoms with Crippen molar-refractivity contribution in [2.75, 3.05) is 26.9 Å². The third kappa shape index (κ3) is 5.29. The number of aliphatic hydroxyl groups is 4. The van der Waals surface area contributed by atoms with Gasteiger partial charge >= 0.3 is 0 Å². The highest BCUT2D eigenvalue weighted by molar-refractivity contribution is 5.95. The first-order chi connectivity index (χ1) is 20.3. The van der Waals surface area contributed by atoms with Gasteiger partial charge in [0, 0.05) is 31.7 Å². The Morgan fingerprint density at radius 1 is 1.14 bits per heavy atom. The van der Waals surface area contributed by atoms with Crippen molar-refractivity contribution >= 4 is 5.78 Å². The summed E-state index contributed by atoms with van der Waals surface area (Å²) in [4.78, 5) is 13.8. The zero-order valence-electron chi connectivity index (χ0n) is 27.4. The molecule has 0 amide bonds. The van der Waals surface area contributed by atoms with Gasteiger partial charge in [-0.2, -0.15) is 0 Å². The molecule has 0 radical (unpaired) electrons. The smallest absolute Gasteiger partial charge is 0.159 e. The normalized spacial score (nSPS) is 46.5. The maximum atomic E-state index is 13.8. The standard InChI is InChI=1S/C35H58O8/c1-7-9-23-21(2)30(43-28(23)20-36)31(38)34(5,39)29-12-15-35(40)25-19-27(37)26-18-22(42-17-8-16-41-6)10-13-32(26,3)24(25)11-14-33(29,35)4/h19,21-24,26,28-31,36,38-40H,7-18,20H2,1-6H3/t21-,22+,23-,24+,26+,28+,29+,30+,31-,32-,33-,34+,35-/m1/s1. The predicted octanol–water partition coefficient (Wildman–Crippen LogP) is 4.21. The second-order valence-electron chi connectivity index (χ2n) is 15.4. The number of hydrogen-bond acceptors (Lipinski definition) is 8. The molecule has 1 heterocycles. The zero-order valence-corrected chi connectivity index (χ0v) is 27.4. The van der Waals surface area contributed by atoms with Crippen molar-refractivity contribution in [3.63, 3.8) is 0 Å². The lowest BCUT2D eigenvalue weighted by atomic mass is 9.46. The fraction of sp³-hybridized carbons (Fsp3) is 0.914. The number of carbonyl (C=O) groups excluding carboxylic acids is 1. The summed E-state index contributed by atoms with van der Waals surface area (Å²) >= 11 is 0. The number of aliphatic hydroxyl groups excluding tert-OH is 2. The molecule has 4 fully saturated rings. The molecule has 0 aromatic heterocycles. The first-order valence-corrected chi connectivity index (χ1v) is 17.1. The van der Waals surface area contributed by atoms with E-state index in [1.807, 2.05) is 6.92 Å². The zero-order chi connectivity index (χ0) is 31.4. The third-order valence-electron chi connectivity index (χ3n) is 13.3. The number of ketones is 1. The van der Waals surface area contributed by atoms with Gasteiger partial charge in [-0.1, -0.05) is 34.1 Å². The van der Waals surface area contributed by atoms with Gasteiger partial charge in [0.2, 0.25) is 0 Å². The first-order valence-electron chi connectivity index (χ1n) is 17.1. The van der Waals surface area contributed by atoms with Gasteiger partial charge < -0.3 is 34.6 Å². The highest BCUT2D eigenvalue weighted by Gasteiger charge is 2.69. The number of fused-ring (bicyclic) bond motifs is 5. The largest absolute Gasteiger partial charge is 0.394 e. The average molecular weight is 607 g/mol. The summed E-state index contributed by atoms with van der Waals surface area (Å²) in [5.41, 5.74) is -2.82. The van der Waals surface area contributed by atoms with Gasteiger partial charge in [0.15, 0.2) is 5.78 Å². The van der Waals surface area contributed by atoms with Crippen LogP contribution in [0.1, 0.15) is 98.8 Å². The van der Waals surface area contributed by atoms with Gasteiger partial charge in [0.05, 0.1) is 36.1 Å². The van der Waals surface area contributed by atoms with Crippen LogP contribution in [0.2, 0.25) is 0 Å². The minimum Gasteiger partial charge on any atom is -0.394 e. The molecule has 0 aromatic carbocycles. The van der Waals surface area contributed by atoms with Crippen LogP contribution in [0.15, 0.2) is 11.6 Å². The van der Waals surface area contributed by atoms with Gasteiger partial charge in [-0.15, -0.1) is 0 Å². The van der Waals surface area contributed by atoms with Crippen molar-refractivity contribution in [3.8, 4) is 0 Å². The van der Waals surface area contributed by atoms with E-state index >= 15 is 0 Å². The maximum absolute atomic E-state index is 13.8. The van der Waals surface area contributed by atoms with Gasteiger partial charge in [-0.05, 0) is 105 Å². The molecule has 0 spiro atoms. The van der Waals surface area contributed by atoms with Crippen LogP contribution in [0.4, 0.5) is 0 Å². The molecule has 4 N–H and O–H groups in total. The second-order valence-corrected chi connectivity index (χ2v) is 15.4. The number of allylic oxidation sites excluding steroid dienone is 1. The molecule has 3 saturated carbocycles. The van der Waals surface area contributed by atoms with Crippen molar-refractivity contribution in [2.45, 2.75) is 134 Å². The molecule has 5 rings (SSSR count). The molecular formula is C35H58O8. The molecule has 13 atom stereocenters. The van der Waals surface area contributed by atoms with Crippen LogP contribution in [-0.4, -0.2) is 88.8 Å². The molecule has 4 aliphatic carbocycles. The third-order valence-corrected chi connectivity index (χ3v) is 13.3. The molecular weight excluding hydrogens is 548 g/mol. The Morgan fingerprint density at radius 3 is 2.56 bits per heavy atom. The number of hydrogen-bond donors (Lipinski definition) is 4. The van der Waals surface area contributed by atoms with Crippen LogP contribution in [0.3, 0.4) is 0 Å². The molecule has 8 heteroatoms. The quantitative estimate of drug-likeness (QED) is 0.258. The molecule has 1 saturated heterocycles. The monoisotopic (exact) mass is 606 g/mol. The summed E-state index contributed by atoms with van der Waals surface area (Å²) < 4.78 is 17.5. The van der Waals surface area contributed by atoms with E-state index in [1.165, 1.54) is 0 Å². The molecule has 0 unspecified atom stereocenters. The van der Waals surface area contributed by atoms with Crippen LogP contribution in [0, 0.1) is 40.4 Å². The van der Waals surface area contributed by atoms with Crippen LogP contribution >= 0.6 is 0 Å². The van der Waals surface area contributed by atoms with E-state index in [9.17, 15) is 25.2 Å². The summed E-state index contributed by atoms with van der Waals surface area (Å²) in [6.07, 6.45) is 7.48. The van der Waals surface area contributed by atoms with Crippen LogP contribution in [0.25, 0.3) is 0 Å². The molecule has 1 aliphatic heterocycles. The van der Waals surface area contributed by atoms with E-state index in [0.29, 0.717) is 32.5 Å². The molecule has 5 aliphatic rings. The number of methoxy groups -OCH3 is 1. The Hall–Kier alpha value is -0.870. The first kappa shape index (κ1) is 33.5. The Labute approximate surface area is 258 Å². The fourth-order valence-electron chi connectivity index (χ4n) is 10.7. The van der Waals surface area contributed by atoms with Gasteiger partial charge in [0.1, 0.15) is 6.10 Å². The fourth-order valence-corrected chi connectivity index (χ4v) is 10.7. The Bertz CT molecular complexity index is 1040. The lowest BCUT2D eigenvalue weighted by Crippen LogP contribution is -2.63. The molecule has 43 heavy (non-hydrogen) atoms. The van der Waals surface area contributed by atoms with Crippen molar-refractivity contribution in [1.29, 1.82) is 0 Å². The van der Waals surface area contributed by atoms with E-state index in [2.05, 4.69) is 20.8 Å². The van der Waals surface area contributed by atoms with E-state index in [1.54, 1.807) is 20.1 Å². The maximum Gasteiger partial charge on any atom is 0.159 e. The van der Waals surface area contributed by atoms with Gasteiger partial charge in [0.25, 0.3) is 0 Å². The predicted molar refractivity (Wildman–Crippen MR) is 163 cm³/mol. The lowest BCUT2D eigenvalue weighted by molar-refractivity contribution is -0.197. The second kappa shape index (κ2) is 12.4. The number of rotatable bonds is 11. The topological polar surface area (TPSA) is 126 Å². The minimum atomic E-state index is -1.52. The van der Waals surface area contributed by atoms with Crippen LogP contribution < -0.4 is 0 Å². The van der Waals surface area contributed by atoms with E-state index in [0.717, 1.165) is 50.5 Å². The molecule has 0 aromatic rings. The van der Waals surface area contributed by atoms with Crippen molar-refractivity contribution in [1.82, 2.24) is 0 Å². The van der Waals surface area contributed by atoms with Crippen LogP contribution in [-0.2, 0) is 19.0 Å². The van der Waals surface area contributed by atoms with Gasteiger partial charge in [-0.25, -0.2) is 0 Å². The Balaban J connectivity index is 1.37. The Morgan fingerprint density at radius 2 is 1.88 bits per heavy atom. The summed E-state index contributed by atoms with van der Waals surface area (Å²) in [5, 5.41) is 46.5.